The predicted octanol–water partition coefficient (Wildman–Crippen LogP) is 1.04. The highest BCUT2D eigenvalue weighted by molar-refractivity contribution is 5.85. The second-order valence-electron chi connectivity index (χ2n) is 4.05. The molecule has 0 spiro atoms. The number of carbonyl (C=O) groups excluding carboxylic acids is 1. The van der Waals surface area contributed by atoms with E-state index in [1.807, 2.05) is 12.1 Å². The fraction of sp³-hybridized carbons (Fsp3) is 0.333. The number of carbonyl (C=O) groups is 1. The van der Waals surface area contributed by atoms with Crippen LogP contribution in [0.4, 0.5) is 0 Å². The molecule has 0 unspecified atom stereocenters. The Morgan fingerprint density at radius 3 is 2.53 bits per heavy atom. The molecule has 2 rings (SSSR count). The maximum Gasteiger partial charge on any atom is 0.224 e. The molecule has 4 nitrogen and oxygen atoms in total. The molecule has 1 amide bonds. The number of halogens is 1. The van der Waals surface area contributed by atoms with Gasteiger partial charge in [0.2, 0.25) is 5.91 Å². The van der Waals surface area contributed by atoms with Gasteiger partial charge in [0, 0.05) is 25.6 Å². The van der Waals surface area contributed by atoms with Crippen molar-refractivity contribution in [3.8, 4) is 6.07 Å². The molecule has 1 heterocycles. The van der Waals surface area contributed by atoms with Crippen LogP contribution in [0, 0.1) is 11.3 Å². The van der Waals surface area contributed by atoms with Crippen molar-refractivity contribution in [3.63, 3.8) is 0 Å². The molecule has 0 bridgehead atoms. The van der Waals surface area contributed by atoms with Crippen molar-refractivity contribution in [1.82, 2.24) is 4.90 Å². The van der Waals surface area contributed by atoms with E-state index < -0.39 is 0 Å². The van der Waals surface area contributed by atoms with Gasteiger partial charge in [0.25, 0.3) is 0 Å². The molecule has 0 aliphatic carbocycles. The van der Waals surface area contributed by atoms with Crippen LogP contribution in [0.25, 0.3) is 0 Å². The number of hydrogen-bond acceptors (Lipinski definition) is 3. The first-order chi connectivity index (χ1) is 7.69. The molecule has 5 heteroatoms. The number of benzene rings is 1. The summed E-state index contributed by atoms with van der Waals surface area (Å²) in [5.41, 5.74) is 7.37. The van der Waals surface area contributed by atoms with Crippen LogP contribution < -0.4 is 5.73 Å². The number of likely N-dealkylation sites (tertiary alicyclic amines) is 1. The molecule has 1 fully saturated rings. The molecular formula is C12H14ClN3O. The SMILES string of the molecule is Cl.N#Cc1ccc(CN2C[C@@H](N)CC2=O)cc1. The number of amides is 1. The Labute approximate surface area is 106 Å². The van der Waals surface area contributed by atoms with Gasteiger partial charge < -0.3 is 10.6 Å². The van der Waals surface area contributed by atoms with Crippen LogP contribution in [0.5, 0.6) is 0 Å². The van der Waals surface area contributed by atoms with Crippen LogP contribution in [0.2, 0.25) is 0 Å². The third-order valence-electron chi connectivity index (χ3n) is 2.70. The standard InChI is InChI=1S/C12H13N3O.ClH/c13-6-9-1-3-10(4-2-9)7-15-8-11(14)5-12(15)16;/h1-4,11H,5,7-8,14H2;1H/t11-;/m0./s1. The zero-order valence-corrected chi connectivity index (χ0v) is 10.1. The topological polar surface area (TPSA) is 70.1 Å². The van der Waals surface area contributed by atoms with Crippen LogP contribution in [0.15, 0.2) is 24.3 Å². The minimum Gasteiger partial charge on any atom is -0.337 e. The zero-order valence-electron chi connectivity index (χ0n) is 9.30. The van der Waals surface area contributed by atoms with Crippen LogP contribution in [-0.2, 0) is 11.3 Å². The van der Waals surface area contributed by atoms with Gasteiger partial charge in [-0.3, -0.25) is 4.79 Å². The second kappa shape index (κ2) is 5.67. The van der Waals surface area contributed by atoms with Crippen LogP contribution >= 0.6 is 12.4 Å². The summed E-state index contributed by atoms with van der Waals surface area (Å²) in [5.74, 6) is 0.108. The number of nitrogens with zero attached hydrogens (tertiary/aromatic N) is 2. The fourth-order valence-electron chi connectivity index (χ4n) is 1.86. The zero-order chi connectivity index (χ0) is 11.5. The lowest BCUT2D eigenvalue weighted by Crippen LogP contribution is -2.27. The molecule has 1 aliphatic heterocycles. The highest BCUT2D eigenvalue weighted by atomic mass is 35.5. The molecule has 1 aromatic rings. The van der Waals surface area contributed by atoms with Crippen molar-refractivity contribution in [3.05, 3.63) is 35.4 Å². The Bertz CT molecular complexity index is 438. The van der Waals surface area contributed by atoms with Crippen LogP contribution in [0.3, 0.4) is 0 Å². The largest absolute Gasteiger partial charge is 0.337 e. The Balaban J connectivity index is 0.00000144. The lowest BCUT2D eigenvalue weighted by Gasteiger charge is -2.15. The molecular weight excluding hydrogens is 238 g/mol. The van der Waals surface area contributed by atoms with E-state index in [0.717, 1.165) is 5.56 Å². The van der Waals surface area contributed by atoms with Crippen LogP contribution in [0.1, 0.15) is 17.5 Å². The quantitative estimate of drug-likeness (QED) is 0.854. The summed E-state index contributed by atoms with van der Waals surface area (Å²) < 4.78 is 0. The average Bonchev–Trinajstić information content (AvgIpc) is 2.59. The van der Waals surface area contributed by atoms with Gasteiger partial charge in [-0.15, -0.1) is 12.4 Å². The molecule has 1 aromatic carbocycles. The molecule has 0 aromatic heterocycles. The summed E-state index contributed by atoms with van der Waals surface area (Å²) in [6.45, 7) is 1.21. The fourth-order valence-corrected chi connectivity index (χ4v) is 1.86. The van der Waals surface area contributed by atoms with Crippen molar-refractivity contribution in [1.29, 1.82) is 5.26 Å². The van der Waals surface area contributed by atoms with Crippen molar-refractivity contribution in [2.75, 3.05) is 6.54 Å². The third-order valence-corrected chi connectivity index (χ3v) is 2.70. The predicted molar refractivity (Wildman–Crippen MR) is 66.4 cm³/mol. The molecule has 0 saturated carbocycles. The summed E-state index contributed by atoms with van der Waals surface area (Å²) in [5, 5.41) is 8.66. The van der Waals surface area contributed by atoms with Gasteiger partial charge in [-0.05, 0) is 17.7 Å². The highest BCUT2D eigenvalue weighted by Crippen LogP contribution is 2.14. The average molecular weight is 252 g/mol. The van der Waals surface area contributed by atoms with Gasteiger partial charge in [0.05, 0.1) is 11.6 Å². The summed E-state index contributed by atoms with van der Waals surface area (Å²) in [6, 6.07) is 9.29. The maximum atomic E-state index is 11.5. The third kappa shape index (κ3) is 3.19. The first-order valence-corrected chi connectivity index (χ1v) is 5.21. The normalized spacial score (nSPS) is 18.7. The summed E-state index contributed by atoms with van der Waals surface area (Å²) >= 11 is 0. The van der Waals surface area contributed by atoms with Gasteiger partial charge in [-0.25, -0.2) is 0 Å². The number of hydrogen-bond donors (Lipinski definition) is 1. The van der Waals surface area contributed by atoms with Gasteiger partial charge in [-0.2, -0.15) is 5.26 Å². The smallest absolute Gasteiger partial charge is 0.224 e. The lowest BCUT2D eigenvalue weighted by atomic mass is 10.1. The molecule has 1 aliphatic rings. The monoisotopic (exact) mass is 251 g/mol. The Hall–Kier alpha value is -1.57. The lowest BCUT2D eigenvalue weighted by molar-refractivity contribution is -0.128. The van der Waals surface area contributed by atoms with Gasteiger partial charge >= 0.3 is 0 Å². The molecule has 2 N–H and O–H groups in total. The maximum absolute atomic E-state index is 11.5. The first kappa shape index (κ1) is 13.5. The van der Waals surface area contributed by atoms with E-state index in [2.05, 4.69) is 6.07 Å². The van der Waals surface area contributed by atoms with Crippen molar-refractivity contribution >= 4 is 18.3 Å². The van der Waals surface area contributed by atoms with E-state index in [1.165, 1.54) is 0 Å². The molecule has 1 atom stereocenters. The van der Waals surface area contributed by atoms with Crippen LogP contribution in [-0.4, -0.2) is 23.4 Å². The van der Waals surface area contributed by atoms with Crippen molar-refractivity contribution < 1.29 is 4.79 Å². The highest BCUT2D eigenvalue weighted by Gasteiger charge is 2.26. The van der Waals surface area contributed by atoms with Gasteiger partial charge in [-0.1, -0.05) is 12.1 Å². The molecule has 0 radical (unpaired) electrons. The van der Waals surface area contributed by atoms with E-state index >= 15 is 0 Å². The van der Waals surface area contributed by atoms with Crippen molar-refractivity contribution in [2.24, 2.45) is 5.73 Å². The second-order valence-corrected chi connectivity index (χ2v) is 4.05. The van der Waals surface area contributed by atoms with E-state index in [9.17, 15) is 4.79 Å². The summed E-state index contributed by atoms with van der Waals surface area (Å²) in [6.07, 6.45) is 0.441. The molecule has 90 valence electrons. The number of nitrogens with two attached hydrogens (primary N) is 1. The molecule has 1 saturated heterocycles. The Morgan fingerprint density at radius 1 is 1.41 bits per heavy atom. The van der Waals surface area contributed by atoms with Gasteiger partial charge in [0.15, 0.2) is 0 Å². The Kier molecular flexibility index (Phi) is 4.50. The Morgan fingerprint density at radius 2 is 2.06 bits per heavy atom. The minimum absolute atomic E-state index is 0. The number of nitriles is 1. The summed E-state index contributed by atoms with van der Waals surface area (Å²) in [4.78, 5) is 13.3. The van der Waals surface area contributed by atoms with Gasteiger partial charge in [0.1, 0.15) is 0 Å². The van der Waals surface area contributed by atoms with Crippen molar-refractivity contribution in [2.45, 2.75) is 19.0 Å². The van der Waals surface area contributed by atoms with E-state index in [4.69, 9.17) is 11.0 Å². The molecule has 17 heavy (non-hydrogen) atoms. The summed E-state index contributed by atoms with van der Waals surface area (Å²) in [7, 11) is 0. The van der Waals surface area contributed by atoms with E-state index in [-0.39, 0.29) is 24.4 Å². The minimum atomic E-state index is -0.0362. The van der Waals surface area contributed by atoms with E-state index in [1.54, 1.807) is 17.0 Å². The number of rotatable bonds is 2. The van der Waals surface area contributed by atoms with E-state index in [0.29, 0.717) is 25.1 Å². The first-order valence-electron chi connectivity index (χ1n) is 5.21.